The minimum absolute atomic E-state index is 0.0169. The van der Waals surface area contributed by atoms with Crippen LogP contribution in [0.25, 0.3) is 0 Å². The van der Waals surface area contributed by atoms with Crippen molar-refractivity contribution in [1.29, 1.82) is 0 Å². The molecule has 0 saturated heterocycles. The molecular formula is C17H19N3O3. The van der Waals surface area contributed by atoms with Crippen molar-refractivity contribution < 1.29 is 14.6 Å². The summed E-state index contributed by atoms with van der Waals surface area (Å²) in [5, 5.41) is 13.8. The molecule has 1 fully saturated rings. The SMILES string of the molecule is O=C1O[C@@H](Cc2ccncc2)C(O)=C1C1=N[C@H]2CCCC[C@H]2N1. The lowest BCUT2D eigenvalue weighted by atomic mass is 9.92. The quantitative estimate of drug-likeness (QED) is 0.829. The van der Waals surface area contributed by atoms with Gasteiger partial charge in [-0.2, -0.15) is 0 Å². The molecule has 120 valence electrons. The van der Waals surface area contributed by atoms with E-state index in [1.807, 2.05) is 12.1 Å². The molecule has 2 aliphatic heterocycles. The zero-order valence-electron chi connectivity index (χ0n) is 12.7. The van der Waals surface area contributed by atoms with E-state index in [1.54, 1.807) is 12.4 Å². The van der Waals surface area contributed by atoms with Crippen molar-refractivity contribution in [2.24, 2.45) is 4.99 Å². The van der Waals surface area contributed by atoms with E-state index in [0.717, 1.165) is 18.4 Å². The van der Waals surface area contributed by atoms with E-state index in [0.29, 0.717) is 12.3 Å². The number of nitrogens with zero attached hydrogens (tertiary/aromatic N) is 2. The van der Waals surface area contributed by atoms with E-state index in [4.69, 9.17) is 4.74 Å². The van der Waals surface area contributed by atoms with Crippen molar-refractivity contribution in [3.8, 4) is 0 Å². The van der Waals surface area contributed by atoms with E-state index in [2.05, 4.69) is 15.3 Å². The van der Waals surface area contributed by atoms with E-state index < -0.39 is 12.1 Å². The molecule has 6 nitrogen and oxygen atoms in total. The molecule has 0 unspecified atom stereocenters. The zero-order chi connectivity index (χ0) is 15.8. The summed E-state index contributed by atoms with van der Waals surface area (Å²) in [5.74, 6) is -0.00945. The average Bonchev–Trinajstić information content (AvgIpc) is 3.09. The molecule has 1 aromatic rings. The van der Waals surface area contributed by atoms with Crippen LogP contribution in [-0.2, 0) is 16.0 Å². The van der Waals surface area contributed by atoms with Gasteiger partial charge >= 0.3 is 5.97 Å². The second kappa shape index (κ2) is 5.68. The highest BCUT2D eigenvalue weighted by molar-refractivity contribution is 6.21. The fourth-order valence-electron chi connectivity index (χ4n) is 3.55. The first-order chi connectivity index (χ1) is 11.2. The molecule has 0 spiro atoms. The number of aliphatic imine (C=N–C) groups is 1. The standard InChI is InChI=1S/C17H19N3O3/c21-15-13(9-10-5-7-18-8-6-10)23-17(22)14(15)16-19-11-3-1-2-4-12(11)20-16/h5-8,11-13,21H,1-4,9H2,(H,19,20)/t11-,12+,13-/m0/s1. The maximum atomic E-state index is 12.2. The van der Waals surface area contributed by atoms with Crippen LogP contribution in [0.5, 0.6) is 0 Å². The number of aliphatic hydroxyl groups is 1. The smallest absolute Gasteiger partial charge is 0.346 e. The minimum Gasteiger partial charge on any atom is -0.507 e. The van der Waals surface area contributed by atoms with Crippen molar-refractivity contribution in [2.45, 2.75) is 50.3 Å². The second-order valence-electron chi connectivity index (χ2n) is 6.29. The number of fused-ring (bicyclic) bond motifs is 1. The Morgan fingerprint density at radius 1 is 1.26 bits per heavy atom. The van der Waals surface area contributed by atoms with Gasteiger partial charge in [0.05, 0.1) is 6.04 Å². The number of carbonyl (C=O) groups is 1. The summed E-state index contributed by atoms with van der Waals surface area (Å²) >= 11 is 0. The second-order valence-corrected chi connectivity index (χ2v) is 6.29. The van der Waals surface area contributed by atoms with Gasteiger partial charge in [-0.3, -0.25) is 9.98 Å². The van der Waals surface area contributed by atoms with Gasteiger partial charge in [0.15, 0.2) is 11.9 Å². The maximum Gasteiger partial charge on any atom is 0.346 e. The van der Waals surface area contributed by atoms with Crippen LogP contribution in [0.15, 0.2) is 40.9 Å². The topological polar surface area (TPSA) is 83.8 Å². The lowest BCUT2D eigenvalue weighted by molar-refractivity contribution is -0.139. The van der Waals surface area contributed by atoms with Crippen molar-refractivity contribution >= 4 is 11.8 Å². The molecule has 3 atom stereocenters. The number of hydrogen-bond donors (Lipinski definition) is 2. The van der Waals surface area contributed by atoms with Crippen molar-refractivity contribution in [3.05, 3.63) is 41.4 Å². The Hall–Kier alpha value is -2.37. The fourth-order valence-corrected chi connectivity index (χ4v) is 3.55. The molecule has 6 heteroatoms. The summed E-state index contributed by atoms with van der Waals surface area (Å²) in [4.78, 5) is 20.8. The van der Waals surface area contributed by atoms with E-state index in [9.17, 15) is 9.90 Å². The Balaban J connectivity index is 1.56. The summed E-state index contributed by atoms with van der Waals surface area (Å²) in [6.45, 7) is 0. The molecule has 3 aliphatic rings. The van der Waals surface area contributed by atoms with Crippen LogP contribution in [0, 0.1) is 0 Å². The first kappa shape index (κ1) is 14.2. The predicted octanol–water partition coefficient (Wildman–Crippen LogP) is 1.67. The Bertz CT molecular complexity index is 684. The fraction of sp³-hybridized carbons (Fsp3) is 0.471. The summed E-state index contributed by atoms with van der Waals surface area (Å²) in [6, 6.07) is 4.19. The normalized spacial score (nSPS) is 29.8. The van der Waals surface area contributed by atoms with Crippen LogP contribution < -0.4 is 5.32 Å². The van der Waals surface area contributed by atoms with E-state index >= 15 is 0 Å². The van der Waals surface area contributed by atoms with Crippen LogP contribution in [0.4, 0.5) is 0 Å². The molecule has 0 bridgehead atoms. The van der Waals surface area contributed by atoms with Gasteiger partial charge in [0.2, 0.25) is 0 Å². The number of aliphatic hydroxyl groups excluding tert-OH is 1. The number of rotatable bonds is 3. The number of pyridine rings is 1. The molecule has 4 rings (SSSR count). The summed E-state index contributed by atoms with van der Waals surface area (Å²) in [5.41, 5.74) is 1.17. The van der Waals surface area contributed by atoms with Gasteiger partial charge < -0.3 is 15.2 Å². The van der Waals surface area contributed by atoms with Crippen molar-refractivity contribution in [2.75, 3.05) is 0 Å². The number of aromatic nitrogens is 1. The number of carbonyl (C=O) groups excluding carboxylic acids is 1. The molecule has 0 amide bonds. The lowest BCUT2D eigenvalue weighted by Crippen LogP contribution is -2.37. The highest BCUT2D eigenvalue weighted by Crippen LogP contribution is 2.30. The summed E-state index contributed by atoms with van der Waals surface area (Å²) in [6.07, 6.45) is 7.58. The third-order valence-electron chi connectivity index (χ3n) is 4.77. The average molecular weight is 313 g/mol. The Labute approximate surface area is 134 Å². The third kappa shape index (κ3) is 2.58. The molecule has 0 aromatic carbocycles. The number of esters is 1. The first-order valence-electron chi connectivity index (χ1n) is 8.10. The molecule has 0 radical (unpaired) electrons. The molecular weight excluding hydrogens is 294 g/mol. The third-order valence-corrected chi connectivity index (χ3v) is 4.77. The van der Waals surface area contributed by atoms with Gasteiger partial charge in [0.25, 0.3) is 0 Å². The van der Waals surface area contributed by atoms with Crippen LogP contribution >= 0.6 is 0 Å². The first-order valence-corrected chi connectivity index (χ1v) is 8.10. The van der Waals surface area contributed by atoms with Gasteiger partial charge in [-0.1, -0.05) is 12.8 Å². The van der Waals surface area contributed by atoms with Gasteiger partial charge in [-0.25, -0.2) is 4.79 Å². The summed E-state index contributed by atoms with van der Waals surface area (Å²) < 4.78 is 5.35. The van der Waals surface area contributed by atoms with Gasteiger partial charge in [0.1, 0.15) is 11.4 Å². The van der Waals surface area contributed by atoms with Gasteiger partial charge in [-0.15, -0.1) is 0 Å². The van der Waals surface area contributed by atoms with Crippen molar-refractivity contribution in [3.63, 3.8) is 0 Å². The number of amidine groups is 1. The maximum absolute atomic E-state index is 12.2. The van der Waals surface area contributed by atoms with E-state index in [-0.39, 0.29) is 23.4 Å². The summed E-state index contributed by atoms with van der Waals surface area (Å²) in [7, 11) is 0. The van der Waals surface area contributed by atoms with Crippen LogP contribution in [0.2, 0.25) is 0 Å². The largest absolute Gasteiger partial charge is 0.507 e. The van der Waals surface area contributed by atoms with Crippen LogP contribution in [0.3, 0.4) is 0 Å². The monoisotopic (exact) mass is 313 g/mol. The van der Waals surface area contributed by atoms with E-state index in [1.165, 1.54) is 12.8 Å². The number of ether oxygens (including phenoxy) is 1. The van der Waals surface area contributed by atoms with Crippen LogP contribution in [-0.4, -0.2) is 40.1 Å². The minimum atomic E-state index is -0.646. The number of nitrogens with one attached hydrogen (secondary N) is 1. The molecule has 3 heterocycles. The van der Waals surface area contributed by atoms with Crippen LogP contribution in [0.1, 0.15) is 31.2 Å². The number of cyclic esters (lactones) is 1. The lowest BCUT2D eigenvalue weighted by Gasteiger charge is -2.23. The Kier molecular flexibility index (Phi) is 3.52. The Morgan fingerprint density at radius 2 is 2.04 bits per heavy atom. The zero-order valence-corrected chi connectivity index (χ0v) is 12.7. The number of hydrogen-bond acceptors (Lipinski definition) is 6. The Morgan fingerprint density at radius 3 is 2.83 bits per heavy atom. The molecule has 1 aliphatic carbocycles. The highest BCUT2D eigenvalue weighted by atomic mass is 16.6. The molecule has 1 saturated carbocycles. The molecule has 1 aromatic heterocycles. The molecule has 2 N–H and O–H groups in total. The molecule has 23 heavy (non-hydrogen) atoms. The highest BCUT2D eigenvalue weighted by Gasteiger charge is 2.41. The predicted molar refractivity (Wildman–Crippen MR) is 84.1 cm³/mol. The van der Waals surface area contributed by atoms with Gasteiger partial charge in [-0.05, 0) is 30.5 Å². The van der Waals surface area contributed by atoms with Crippen molar-refractivity contribution in [1.82, 2.24) is 10.3 Å². The van der Waals surface area contributed by atoms with Gasteiger partial charge in [0, 0.05) is 24.9 Å².